The van der Waals surface area contributed by atoms with Gasteiger partial charge in [-0.25, -0.2) is 9.78 Å². The van der Waals surface area contributed by atoms with Crippen molar-refractivity contribution in [1.82, 2.24) is 9.55 Å². The van der Waals surface area contributed by atoms with Crippen molar-refractivity contribution in [3.8, 4) is 16.3 Å². The average molecular weight is 381 g/mol. The maximum Gasteiger partial charge on any atom is 0.419 e. The third-order valence-electron chi connectivity index (χ3n) is 4.12. The number of methoxy groups -OCH3 is 1. The zero-order valence-electron chi connectivity index (χ0n) is 14.6. The number of rotatable bonds is 4. The second-order valence-corrected chi connectivity index (χ2v) is 6.66. The number of oxazole rings is 1. The summed E-state index contributed by atoms with van der Waals surface area (Å²) in [5, 5.41) is 5.16. The molecule has 27 heavy (non-hydrogen) atoms. The first-order valence-corrected chi connectivity index (χ1v) is 8.94. The van der Waals surface area contributed by atoms with Gasteiger partial charge in [-0.05, 0) is 24.3 Å². The lowest BCUT2D eigenvalue weighted by Crippen LogP contribution is -2.12. The van der Waals surface area contributed by atoms with E-state index in [1.807, 2.05) is 24.3 Å². The number of nitrogens with one attached hydrogen (secondary N) is 1. The van der Waals surface area contributed by atoms with Crippen LogP contribution >= 0.6 is 11.3 Å². The van der Waals surface area contributed by atoms with Crippen molar-refractivity contribution < 1.29 is 13.9 Å². The Morgan fingerprint density at radius 2 is 2.07 bits per heavy atom. The summed E-state index contributed by atoms with van der Waals surface area (Å²) in [6.45, 7) is 0. The third-order valence-corrected chi connectivity index (χ3v) is 5.00. The van der Waals surface area contributed by atoms with Gasteiger partial charge in [0.25, 0.3) is 5.91 Å². The molecule has 0 saturated heterocycles. The van der Waals surface area contributed by atoms with Crippen LogP contribution < -0.4 is 15.8 Å². The van der Waals surface area contributed by atoms with E-state index in [0.29, 0.717) is 33.2 Å². The zero-order chi connectivity index (χ0) is 19.0. The Bertz CT molecular complexity index is 1210. The number of aromatic nitrogens is 2. The normalized spacial score (nSPS) is 10.9. The lowest BCUT2D eigenvalue weighted by Gasteiger charge is -2.05. The molecule has 0 spiro atoms. The molecule has 7 nitrogen and oxygen atoms in total. The molecule has 0 aliphatic heterocycles. The number of amides is 1. The van der Waals surface area contributed by atoms with Crippen LogP contribution in [-0.2, 0) is 7.05 Å². The van der Waals surface area contributed by atoms with Crippen molar-refractivity contribution in [2.45, 2.75) is 0 Å². The number of para-hydroxylation sites is 1. The van der Waals surface area contributed by atoms with Gasteiger partial charge in [0, 0.05) is 24.2 Å². The second-order valence-electron chi connectivity index (χ2n) is 5.80. The van der Waals surface area contributed by atoms with E-state index in [4.69, 9.17) is 9.15 Å². The average Bonchev–Trinajstić information content (AvgIpc) is 3.27. The molecule has 0 aliphatic rings. The maximum absolute atomic E-state index is 12.5. The van der Waals surface area contributed by atoms with E-state index in [-0.39, 0.29) is 5.91 Å². The number of anilines is 1. The van der Waals surface area contributed by atoms with Crippen LogP contribution in [0.15, 0.2) is 57.1 Å². The van der Waals surface area contributed by atoms with Gasteiger partial charge in [-0.3, -0.25) is 9.36 Å². The number of thiazole rings is 1. The van der Waals surface area contributed by atoms with Crippen LogP contribution in [0.2, 0.25) is 0 Å². The molecule has 0 aliphatic carbocycles. The summed E-state index contributed by atoms with van der Waals surface area (Å²) < 4.78 is 11.9. The van der Waals surface area contributed by atoms with Crippen LogP contribution in [-0.4, -0.2) is 22.6 Å². The predicted octanol–water partition coefficient (Wildman–Crippen LogP) is 3.52. The standard InChI is InChI=1S/C19H15N3O4S/c1-22-14-8-7-11(9-16(14)26-19(22)24)20-17(23)13-10-27-18(21-13)12-5-3-4-6-15(12)25-2/h3-10H,1-2H3,(H,20,23). The van der Waals surface area contributed by atoms with Crippen molar-refractivity contribution in [2.24, 2.45) is 7.05 Å². The second kappa shape index (κ2) is 6.73. The molecule has 0 radical (unpaired) electrons. The van der Waals surface area contributed by atoms with Gasteiger partial charge in [0.05, 0.1) is 18.2 Å². The molecule has 2 aromatic carbocycles. The van der Waals surface area contributed by atoms with E-state index in [0.717, 1.165) is 5.56 Å². The van der Waals surface area contributed by atoms with E-state index < -0.39 is 5.76 Å². The Morgan fingerprint density at radius 1 is 1.26 bits per heavy atom. The van der Waals surface area contributed by atoms with Crippen LogP contribution in [0.4, 0.5) is 5.69 Å². The Morgan fingerprint density at radius 3 is 2.89 bits per heavy atom. The third kappa shape index (κ3) is 3.11. The summed E-state index contributed by atoms with van der Waals surface area (Å²) in [4.78, 5) is 28.5. The monoisotopic (exact) mass is 381 g/mol. The number of hydrogen-bond donors (Lipinski definition) is 1. The molecule has 0 fully saturated rings. The van der Waals surface area contributed by atoms with Gasteiger partial charge in [-0.2, -0.15) is 0 Å². The fourth-order valence-electron chi connectivity index (χ4n) is 2.73. The molecular weight excluding hydrogens is 366 g/mol. The van der Waals surface area contributed by atoms with Crippen LogP contribution in [0, 0.1) is 0 Å². The van der Waals surface area contributed by atoms with Crippen molar-refractivity contribution >= 4 is 34.0 Å². The largest absolute Gasteiger partial charge is 0.496 e. The number of carbonyl (C=O) groups is 1. The summed E-state index contributed by atoms with van der Waals surface area (Å²) >= 11 is 1.36. The number of nitrogens with zero attached hydrogens (tertiary/aromatic N) is 2. The SMILES string of the molecule is COc1ccccc1-c1nc(C(=O)Nc2ccc3c(c2)oc(=O)n3C)cs1. The Hall–Kier alpha value is -3.39. The van der Waals surface area contributed by atoms with E-state index in [1.54, 1.807) is 37.7 Å². The predicted molar refractivity (Wildman–Crippen MR) is 104 cm³/mol. The van der Waals surface area contributed by atoms with Gasteiger partial charge in [-0.15, -0.1) is 11.3 Å². The fraction of sp³-hybridized carbons (Fsp3) is 0.105. The lowest BCUT2D eigenvalue weighted by molar-refractivity contribution is 0.102. The molecule has 8 heteroatoms. The van der Waals surface area contributed by atoms with Crippen LogP contribution in [0.1, 0.15) is 10.5 Å². The summed E-state index contributed by atoms with van der Waals surface area (Å²) in [7, 11) is 3.22. The molecular formula is C19H15N3O4S. The van der Waals surface area contributed by atoms with Gasteiger partial charge in [0.15, 0.2) is 5.58 Å². The highest BCUT2D eigenvalue weighted by Gasteiger charge is 2.15. The minimum atomic E-state index is -0.450. The lowest BCUT2D eigenvalue weighted by atomic mass is 10.2. The molecule has 0 bridgehead atoms. The summed E-state index contributed by atoms with van der Waals surface area (Å²) in [5.41, 5.74) is 2.72. The van der Waals surface area contributed by atoms with Crippen LogP contribution in [0.3, 0.4) is 0 Å². The first kappa shape index (κ1) is 17.0. The van der Waals surface area contributed by atoms with E-state index in [2.05, 4.69) is 10.3 Å². The molecule has 2 heterocycles. The first-order chi connectivity index (χ1) is 13.1. The Kier molecular flexibility index (Phi) is 4.25. The molecule has 1 N–H and O–H groups in total. The van der Waals surface area contributed by atoms with E-state index in [1.165, 1.54) is 15.9 Å². The van der Waals surface area contributed by atoms with E-state index >= 15 is 0 Å². The van der Waals surface area contributed by atoms with Crippen molar-refractivity contribution in [1.29, 1.82) is 0 Å². The number of aryl methyl sites for hydroxylation is 1. The molecule has 136 valence electrons. The highest BCUT2D eigenvalue weighted by atomic mass is 32.1. The Labute approximate surface area is 157 Å². The van der Waals surface area contributed by atoms with E-state index in [9.17, 15) is 9.59 Å². The van der Waals surface area contributed by atoms with Crippen LogP contribution in [0.25, 0.3) is 21.7 Å². The minimum absolute atomic E-state index is 0.301. The maximum atomic E-state index is 12.5. The molecule has 4 aromatic rings. The van der Waals surface area contributed by atoms with Gasteiger partial charge >= 0.3 is 5.76 Å². The van der Waals surface area contributed by atoms with Gasteiger partial charge < -0.3 is 14.5 Å². The number of carbonyl (C=O) groups excluding carboxylic acids is 1. The van der Waals surface area contributed by atoms with Crippen molar-refractivity contribution in [2.75, 3.05) is 12.4 Å². The van der Waals surface area contributed by atoms with Gasteiger partial charge in [0.2, 0.25) is 0 Å². The zero-order valence-corrected chi connectivity index (χ0v) is 15.4. The quantitative estimate of drug-likeness (QED) is 0.585. The van der Waals surface area contributed by atoms with Gasteiger partial charge in [0.1, 0.15) is 16.5 Å². The minimum Gasteiger partial charge on any atom is -0.496 e. The Balaban J connectivity index is 1.59. The highest BCUT2D eigenvalue weighted by molar-refractivity contribution is 7.13. The summed E-state index contributed by atoms with van der Waals surface area (Å²) in [6.07, 6.45) is 0. The highest BCUT2D eigenvalue weighted by Crippen LogP contribution is 2.32. The molecule has 0 saturated carbocycles. The number of hydrogen-bond acceptors (Lipinski definition) is 6. The topological polar surface area (TPSA) is 86.4 Å². The number of ether oxygens (including phenoxy) is 1. The molecule has 0 atom stereocenters. The smallest absolute Gasteiger partial charge is 0.419 e. The number of benzene rings is 2. The van der Waals surface area contributed by atoms with Gasteiger partial charge in [-0.1, -0.05) is 12.1 Å². The summed E-state index contributed by atoms with van der Waals surface area (Å²) in [5.74, 6) is -0.0946. The first-order valence-electron chi connectivity index (χ1n) is 8.06. The molecule has 4 rings (SSSR count). The number of fused-ring (bicyclic) bond motifs is 1. The van der Waals surface area contributed by atoms with Crippen molar-refractivity contribution in [3.05, 3.63) is 64.1 Å². The molecule has 0 unspecified atom stereocenters. The molecule has 1 amide bonds. The van der Waals surface area contributed by atoms with Crippen molar-refractivity contribution in [3.63, 3.8) is 0 Å². The molecule has 2 aromatic heterocycles. The fourth-order valence-corrected chi connectivity index (χ4v) is 3.56. The summed E-state index contributed by atoms with van der Waals surface area (Å²) in [6, 6.07) is 12.6. The van der Waals surface area contributed by atoms with Crippen LogP contribution in [0.5, 0.6) is 5.75 Å².